The molecule has 0 radical (unpaired) electrons. The van der Waals surface area contributed by atoms with Crippen LogP contribution in [0.5, 0.6) is 0 Å². The Balaban J connectivity index is 2.36. The van der Waals surface area contributed by atoms with Gasteiger partial charge in [-0.2, -0.15) is 0 Å². The molecule has 26 heavy (non-hydrogen) atoms. The van der Waals surface area contributed by atoms with E-state index in [0.29, 0.717) is 18.4 Å². The molecule has 1 aromatic carbocycles. The van der Waals surface area contributed by atoms with Crippen molar-refractivity contribution in [2.75, 3.05) is 13.2 Å². The number of carbonyl (C=O) groups excluding carboxylic acids is 2. The number of amides is 1. The van der Waals surface area contributed by atoms with E-state index in [1.165, 1.54) is 12.1 Å². The molecular weight excluding hydrogens is 340 g/mol. The minimum absolute atomic E-state index is 0.0234. The second kappa shape index (κ2) is 9.07. The van der Waals surface area contributed by atoms with Crippen molar-refractivity contribution < 1.29 is 23.5 Å². The molecule has 2 N–H and O–H groups in total. The Morgan fingerprint density at radius 3 is 2.81 bits per heavy atom. The maximum atomic E-state index is 13.6. The van der Waals surface area contributed by atoms with E-state index >= 15 is 0 Å². The van der Waals surface area contributed by atoms with Gasteiger partial charge in [0.1, 0.15) is 0 Å². The zero-order valence-electron chi connectivity index (χ0n) is 14.0. The second-order valence-corrected chi connectivity index (χ2v) is 5.91. The number of hydrogen-bond acceptors (Lipinski definition) is 3. The number of rotatable bonds is 5. The van der Waals surface area contributed by atoms with E-state index in [-0.39, 0.29) is 12.1 Å². The van der Waals surface area contributed by atoms with Crippen molar-refractivity contribution in [2.45, 2.75) is 18.8 Å². The fourth-order valence-electron chi connectivity index (χ4n) is 2.96. The Labute approximate surface area is 150 Å². The summed E-state index contributed by atoms with van der Waals surface area (Å²) in [6.07, 6.45) is 10.8. The first-order valence-corrected chi connectivity index (χ1v) is 8.18. The molecule has 4 nitrogen and oxygen atoms in total. The molecule has 0 saturated carbocycles. The molecule has 0 aliphatic heterocycles. The fraction of sp³-hybridized carbons (Fsp3) is 0.300. The average molecular weight is 359 g/mol. The van der Waals surface area contributed by atoms with Crippen molar-refractivity contribution in [1.82, 2.24) is 5.32 Å². The summed E-state index contributed by atoms with van der Waals surface area (Å²) >= 11 is 0. The molecule has 2 unspecified atom stereocenters. The van der Waals surface area contributed by atoms with E-state index in [1.54, 1.807) is 12.2 Å². The third-order valence-electron chi connectivity index (χ3n) is 4.30. The van der Waals surface area contributed by atoms with Crippen molar-refractivity contribution >= 4 is 11.7 Å². The van der Waals surface area contributed by atoms with Gasteiger partial charge in [0.15, 0.2) is 17.4 Å². The van der Waals surface area contributed by atoms with Gasteiger partial charge in [0.05, 0.1) is 18.7 Å². The largest absolute Gasteiger partial charge is 0.396 e. The number of aliphatic hydroxyl groups is 1. The van der Waals surface area contributed by atoms with Gasteiger partial charge >= 0.3 is 0 Å². The SMILES string of the molecule is C#CCNC(=O)C1=CC=CCCC(C(CO)c2ccc(F)c(F)c2)C1=O. The van der Waals surface area contributed by atoms with Crippen LogP contribution in [0.2, 0.25) is 0 Å². The predicted molar refractivity (Wildman–Crippen MR) is 93.0 cm³/mol. The monoisotopic (exact) mass is 359 g/mol. The number of benzene rings is 1. The van der Waals surface area contributed by atoms with Crippen molar-refractivity contribution in [2.24, 2.45) is 5.92 Å². The molecule has 1 amide bonds. The summed E-state index contributed by atoms with van der Waals surface area (Å²) in [5.74, 6) is -2.38. The van der Waals surface area contributed by atoms with Crippen molar-refractivity contribution in [1.29, 1.82) is 0 Å². The zero-order chi connectivity index (χ0) is 19.1. The molecule has 1 aliphatic carbocycles. The number of carbonyl (C=O) groups is 2. The van der Waals surface area contributed by atoms with E-state index in [9.17, 15) is 23.5 Å². The predicted octanol–water partition coefficient (Wildman–Crippen LogP) is 2.25. The first-order valence-electron chi connectivity index (χ1n) is 8.18. The van der Waals surface area contributed by atoms with Crippen molar-refractivity contribution in [3.63, 3.8) is 0 Å². The molecule has 0 spiro atoms. The number of hydrogen-bond donors (Lipinski definition) is 2. The van der Waals surface area contributed by atoms with Crippen LogP contribution >= 0.6 is 0 Å². The number of terminal acetylenes is 1. The Kier molecular flexibility index (Phi) is 6.81. The van der Waals surface area contributed by atoms with Crippen LogP contribution in [0.25, 0.3) is 0 Å². The summed E-state index contributed by atoms with van der Waals surface area (Å²) in [5, 5.41) is 12.2. The van der Waals surface area contributed by atoms with Crippen molar-refractivity contribution in [3.05, 3.63) is 59.2 Å². The lowest BCUT2D eigenvalue weighted by Crippen LogP contribution is -2.34. The summed E-state index contributed by atoms with van der Waals surface area (Å²) in [4.78, 5) is 25.2. The molecule has 136 valence electrons. The van der Waals surface area contributed by atoms with Crippen LogP contribution in [-0.2, 0) is 9.59 Å². The van der Waals surface area contributed by atoms with Gasteiger partial charge in [-0.1, -0.05) is 24.1 Å². The van der Waals surface area contributed by atoms with Crippen LogP contribution in [0.15, 0.2) is 42.0 Å². The number of aliphatic hydroxyl groups excluding tert-OH is 1. The smallest absolute Gasteiger partial charge is 0.255 e. The van der Waals surface area contributed by atoms with Gasteiger partial charge in [0.2, 0.25) is 0 Å². The summed E-state index contributed by atoms with van der Waals surface area (Å²) in [5.41, 5.74) is 0.222. The minimum atomic E-state index is -1.05. The Hall–Kier alpha value is -2.78. The molecule has 1 aliphatic rings. The number of halogens is 2. The Morgan fingerprint density at radius 1 is 1.38 bits per heavy atom. The molecule has 0 bridgehead atoms. The van der Waals surface area contributed by atoms with E-state index in [2.05, 4.69) is 11.2 Å². The molecule has 2 rings (SSSR count). The van der Waals surface area contributed by atoms with Crippen LogP contribution in [-0.4, -0.2) is 29.9 Å². The normalized spacial score (nSPS) is 18.3. The quantitative estimate of drug-likeness (QED) is 0.626. The fourth-order valence-corrected chi connectivity index (χ4v) is 2.96. The molecule has 2 atom stereocenters. The van der Waals surface area contributed by atoms with Crippen LogP contribution in [0.4, 0.5) is 8.78 Å². The van der Waals surface area contributed by atoms with Crippen LogP contribution in [0.1, 0.15) is 24.3 Å². The highest BCUT2D eigenvalue weighted by Crippen LogP contribution is 2.32. The Morgan fingerprint density at radius 2 is 2.15 bits per heavy atom. The lowest BCUT2D eigenvalue weighted by atomic mass is 9.78. The molecule has 0 heterocycles. The lowest BCUT2D eigenvalue weighted by molar-refractivity contribution is -0.125. The van der Waals surface area contributed by atoms with Crippen LogP contribution < -0.4 is 5.32 Å². The number of ketones is 1. The highest BCUT2D eigenvalue weighted by atomic mass is 19.2. The summed E-state index contributed by atoms with van der Waals surface area (Å²) in [6, 6.07) is 3.26. The van der Waals surface area contributed by atoms with E-state index < -0.39 is 41.8 Å². The summed E-state index contributed by atoms with van der Waals surface area (Å²) in [7, 11) is 0. The molecule has 0 fully saturated rings. The van der Waals surface area contributed by atoms with Gasteiger partial charge in [-0.3, -0.25) is 9.59 Å². The topological polar surface area (TPSA) is 66.4 Å². The van der Waals surface area contributed by atoms with Gasteiger partial charge in [0, 0.05) is 11.8 Å². The summed E-state index contributed by atoms with van der Waals surface area (Å²) in [6.45, 7) is -0.463. The first kappa shape index (κ1) is 19.5. The number of allylic oxidation sites excluding steroid dienone is 3. The molecule has 0 aromatic heterocycles. The maximum Gasteiger partial charge on any atom is 0.255 e. The van der Waals surface area contributed by atoms with Crippen LogP contribution in [0.3, 0.4) is 0 Å². The summed E-state index contributed by atoms with van der Waals surface area (Å²) < 4.78 is 26.8. The van der Waals surface area contributed by atoms with E-state index in [4.69, 9.17) is 6.42 Å². The second-order valence-electron chi connectivity index (χ2n) is 5.91. The molecule has 6 heteroatoms. The highest BCUT2D eigenvalue weighted by Gasteiger charge is 2.33. The van der Waals surface area contributed by atoms with Gasteiger partial charge < -0.3 is 10.4 Å². The maximum absolute atomic E-state index is 13.6. The molecular formula is C20H19F2NO3. The molecule has 0 saturated heterocycles. The number of Topliss-reactive ketones (excluding diaryl/α,β-unsaturated/α-hetero) is 1. The zero-order valence-corrected chi connectivity index (χ0v) is 14.0. The van der Waals surface area contributed by atoms with Gasteiger partial charge in [-0.25, -0.2) is 8.78 Å². The first-order chi connectivity index (χ1) is 12.5. The van der Waals surface area contributed by atoms with Crippen LogP contribution in [0, 0.1) is 29.9 Å². The minimum Gasteiger partial charge on any atom is -0.396 e. The van der Waals surface area contributed by atoms with E-state index in [1.807, 2.05) is 0 Å². The highest BCUT2D eigenvalue weighted by molar-refractivity contribution is 6.20. The third-order valence-corrected chi connectivity index (χ3v) is 4.30. The molecule has 1 aromatic rings. The lowest BCUT2D eigenvalue weighted by Gasteiger charge is -2.26. The van der Waals surface area contributed by atoms with Gasteiger partial charge in [0.25, 0.3) is 5.91 Å². The van der Waals surface area contributed by atoms with E-state index in [0.717, 1.165) is 12.1 Å². The van der Waals surface area contributed by atoms with Gasteiger partial charge in [-0.05, 0) is 36.6 Å². The van der Waals surface area contributed by atoms with Gasteiger partial charge in [-0.15, -0.1) is 6.42 Å². The average Bonchev–Trinajstić information content (AvgIpc) is 2.62. The standard InChI is InChI=1S/C20H19F2NO3/c1-2-10-23-20(26)15-7-5-3-4-6-14(19(15)25)16(12-24)13-8-9-17(21)18(22)11-13/h1,3,5,7-9,11,14,16,24H,4,6,10,12H2,(H,23,26). The van der Waals surface area contributed by atoms with Crippen molar-refractivity contribution in [3.8, 4) is 12.3 Å². The number of nitrogens with one attached hydrogen (secondary N) is 1. The third kappa shape index (κ3) is 4.44. The Bertz CT molecular complexity index is 793.